The molecule has 2 aliphatic rings. The highest BCUT2D eigenvalue weighted by Gasteiger charge is 2.25. The number of carbonyl (C=O) groups is 1. The van der Waals surface area contributed by atoms with E-state index < -0.39 is 0 Å². The number of anilines is 1. The molecule has 3 heteroatoms. The van der Waals surface area contributed by atoms with Crippen LogP contribution in [0.3, 0.4) is 0 Å². The van der Waals surface area contributed by atoms with Gasteiger partial charge in [-0.3, -0.25) is 4.79 Å². The number of ether oxygens (including phenoxy) is 1. The summed E-state index contributed by atoms with van der Waals surface area (Å²) in [4.78, 5) is 14.5. The number of benzene rings is 2. The summed E-state index contributed by atoms with van der Waals surface area (Å²) in [5, 5.41) is 0. The summed E-state index contributed by atoms with van der Waals surface area (Å²) in [6.45, 7) is 0.701. The third kappa shape index (κ3) is 2.27. The Balaban J connectivity index is 1.77. The Bertz CT molecular complexity index is 723. The van der Waals surface area contributed by atoms with E-state index in [-0.39, 0.29) is 12.5 Å². The molecular formula is C19H19NO2. The molecule has 1 aliphatic heterocycles. The van der Waals surface area contributed by atoms with Crippen LogP contribution in [0.4, 0.5) is 5.69 Å². The van der Waals surface area contributed by atoms with Gasteiger partial charge in [-0.1, -0.05) is 30.3 Å². The van der Waals surface area contributed by atoms with Crippen LogP contribution >= 0.6 is 0 Å². The lowest BCUT2D eigenvalue weighted by atomic mass is 9.90. The first kappa shape index (κ1) is 13.4. The molecular weight excluding hydrogens is 274 g/mol. The van der Waals surface area contributed by atoms with Crippen molar-refractivity contribution < 1.29 is 9.53 Å². The van der Waals surface area contributed by atoms with Gasteiger partial charge in [0.05, 0.1) is 6.54 Å². The van der Waals surface area contributed by atoms with Crippen molar-refractivity contribution in [2.24, 2.45) is 0 Å². The number of aryl methyl sites for hydroxylation is 1. The molecule has 112 valence electrons. The molecule has 0 N–H and O–H groups in total. The number of rotatable bonds is 1. The van der Waals surface area contributed by atoms with E-state index >= 15 is 0 Å². The van der Waals surface area contributed by atoms with Gasteiger partial charge in [0.15, 0.2) is 6.61 Å². The lowest BCUT2D eigenvalue weighted by Gasteiger charge is -2.27. The van der Waals surface area contributed by atoms with Crippen LogP contribution in [-0.2, 0) is 24.2 Å². The summed E-state index contributed by atoms with van der Waals surface area (Å²) in [7, 11) is 0. The first-order valence-electron chi connectivity index (χ1n) is 7.95. The molecule has 2 aromatic carbocycles. The van der Waals surface area contributed by atoms with Crippen molar-refractivity contribution in [1.29, 1.82) is 0 Å². The number of fused-ring (bicyclic) bond motifs is 2. The number of para-hydroxylation sites is 1. The number of hydrogen-bond acceptors (Lipinski definition) is 2. The SMILES string of the molecule is O=C1COc2ccccc2CN1c1cccc2c1CCCC2. The Morgan fingerprint density at radius 3 is 2.68 bits per heavy atom. The molecule has 4 rings (SSSR count). The monoisotopic (exact) mass is 293 g/mol. The molecule has 0 fully saturated rings. The topological polar surface area (TPSA) is 29.5 Å². The van der Waals surface area contributed by atoms with E-state index in [1.807, 2.05) is 29.2 Å². The molecule has 0 atom stereocenters. The Morgan fingerprint density at radius 2 is 1.73 bits per heavy atom. The van der Waals surface area contributed by atoms with Crippen molar-refractivity contribution in [1.82, 2.24) is 0 Å². The van der Waals surface area contributed by atoms with Crippen molar-refractivity contribution in [3.63, 3.8) is 0 Å². The summed E-state index contributed by atoms with van der Waals surface area (Å²) in [6.07, 6.45) is 4.64. The molecule has 1 amide bonds. The molecule has 0 aromatic heterocycles. The molecule has 0 saturated carbocycles. The minimum Gasteiger partial charge on any atom is -0.483 e. The van der Waals surface area contributed by atoms with Gasteiger partial charge in [0.1, 0.15) is 5.75 Å². The highest BCUT2D eigenvalue weighted by Crippen LogP contribution is 2.33. The van der Waals surface area contributed by atoms with E-state index in [2.05, 4.69) is 18.2 Å². The number of hydrogen-bond donors (Lipinski definition) is 0. The van der Waals surface area contributed by atoms with Crippen LogP contribution in [0.25, 0.3) is 0 Å². The first-order valence-corrected chi connectivity index (χ1v) is 7.95. The van der Waals surface area contributed by atoms with Crippen LogP contribution in [0.5, 0.6) is 5.75 Å². The van der Waals surface area contributed by atoms with Crippen LogP contribution < -0.4 is 9.64 Å². The molecule has 1 heterocycles. The molecule has 0 saturated heterocycles. The second-order valence-corrected chi connectivity index (χ2v) is 6.00. The van der Waals surface area contributed by atoms with Crippen LogP contribution in [0, 0.1) is 0 Å². The zero-order valence-corrected chi connectivity index (χ0v) is 12.5. The van der Waals surface area contributed by atoms with Gasteiger partial charge >= 0.3 is 0 Å². The zero-order chi connectivity index (χ0) is 14.9. The van der Waals surface area contributed by atoms with Crippen LogP contribution in [0.1, 0.15) is 29.5 Å². The third-order valence-corrected chi connectivity index (χ3v) is 4.62. The molecule has 0 spiro atoms. The summed E-state index contributed by atoms with van der Waals surface area (Å²) in [5.41, 5.74) is 4.89. The lowest BCUT2D eigenvalue weighted by molar-refractivity contribution is -0.120. The van der Waals surface area contributed by atoms with Gasteiger partial charge in [0.2, 0.25) is 0 Å². The minimum atomic E-state index is 0.0372. The van der Waals surface area contributed by atoms with Gasteiger partial charge in [-0.15, -0.1) is 0 Å². The Hall–Kier alpha value is -2.29. The first-order chi connectivity index (χ1) is 10.8. The van der Waals surface area contributed by atoms with E-state index in [9.17, 15) is 4.79 Å². The largest absolute Gasteiger partial charge is 0.483 e. The zero-order valence-electron chi connectivity index (χ0n) is 12.5. The maximum Gasteiger partial charge on any atom is 0.265 e. The Kier molecular flexibility index (Phi) is 3.34. The molecule has 22 heavy (non-hydrogen) atoms. The molecule has 1 aliphatic carbocycles. The van der Waals surface area contributed by atoms with Gasteiger partial charge < -0.3 is 9.64 Å². The summed E-state index contributed by atoms with van der Waals surface area (Å²) in [6, 6.07) is 14.3. The van der Waals surface area contributed by atoms with E-state index in [1.54, 1.807) is 0 Å². The van der Waals surface area contributed by atoms with E-state index in [0.29, 0.717) is 6.54 Å². The summed E-state index contributed by atoms with van der Waals surface area (Å²) in [5.74, 6) is 0.860. The fourth-order valence-corrected chi connectivity index (χ4v) is 3.48. The molecule has 0 bridgehead atoms. The van der Waals surface area contributed by atoms with Gasteiger partial charge in [0.25, 0.3) is 5.91 Å². The molecule has 0 radical (unpaired) electrons. The number of amides is 1. The normalized spacial score (nSPS) is 17.3. The predicted octanol–water partition coefficient (Wildman–Crippen LogP) is 3.49. The van der Waals surface area contributed by atoms with Crippen LogP contribution in [-0.4, -0.2) is 12.5 Å². The van der Waals surface area contributed by atoms with Crippen molar-refractivity contribution in [2.75, 3.05) is 11.5 Å². The third-order valence-electron chi connectivity index (χ3n) is 4.62. The molecule has 3 nitrogen and oxygen atoms in total. The fourth-order valence-electron chi connectivity index (χ4n) is 3.48. The second-order valence-electron chi connectivity index (χ2n) is 6.00. The Labute approximate surface area is 130 Å². The van der Waals surface area contributed by atoms with E-state index in [4.69, 9.17) is 4.74 Å². The standard InChI is InChI=1S/C19H19NO2/c21-19-13-22-18-11-4-2-7-15(18)12-20(19)17-10-5-8-14-6-1-3-9-16(14)17/h2,4-5,7-8,10-11H,1,3,6,9,12-13H2. The number of nitrogens with zero attached hydrogens (tertiary/aromatic N) is 1. The minimum absolute atomic E-state index is 0.0372. The van der Waals surface area contributed by atoms with Crippen molar-refractivity contribution >= 4 is 11.6 Å². The highest BCUT2D eigenvalue weighted by molar-refractivity contribution is 5.96. The summed E-state index contributed by atoms with van der Waals surface area (Å²) < 4.78 is 5.67. The Morgan fingerprint density at radius 1 is 0.909 bits per heavy atom. The quantitative estimate of drug-likeness (QED) is 0.805. The van der Waals surface area contributed by atoms with Gasteiger partial charge in [-0.05, 0) is 48.9 Å². The number of carbonyl (C=O) groups excluding carboxylic acids is 1. The van der Waals surface area contributed by atoms with E-state index in [1.165, 1.54) is 24.0 Å². The maximum atomic E-state index is 12.6. The molecule has 0 unspecified atom stereocenters. The van der Waals surface area contributed by atoms with Crippen molar-refractivity contribution in [3.05, 3.63) is 59.2 Å². The highest BCUT2D eigenvalue weighted by atomic mass is 16.5. The average Bonchev–Trinajstić information content (AvgIpc) is 2.74. The second kappa shape index (κ2) is 5.48. The average molecular weight is 293 g/mol. The fraction of sp³-hybridized carbons (Fsp3) is 0.316. The van der Waals surface area contributed by atoms with Crippen LogP contribution in [0.2, 0.25) is 0 Å². The van der Waals surface area contributed by atoms with Gasteiger partial charge in [0, 0.05) is 11.3 Å². The smallest absolute Gasteiger partial charge is 0.265 e. The maximum absolute atomic E-state index is 12.6. The predicted molar refractivity (Wildman–Crippen MR) is 86.2 cm³/mol. The van der Waals surface area contributed by atoms with Crippen molar-refractivity contribution in [2.45, 2.75) is 32.2 Å². The molecule has 2 aromatic rings. The van der Waals surface area contributed by atoms with Crippen molar-refractivity contribution in [3.8, 4) is 5.75 Å². The lowest BCUT2D eigenvalue weighted by Crippen LogP contribution is -2.33. The van der Waals surface area contributed by atoms with E-state index in [0.717, 1.165) is 29.8 Å². The van der Waals surface area contributed by atoms with Gasteiger partial charge in [-0.2, -0.15) is 0 Å². The summed E-state index contributed by atoms with van der Waals surface area (Å²) >= 11 is 0. The van der Waals surface area contributed by atoms with Crippen LogP contribution in [0.15, 0.2) is 42.5 Å². The van der Waals surface area contributed by atoms with Gasteiger partial charge in [-0.25, -0.2) is 0 Å².